The van der Waals surface area contributed by atoms with E-state index < -0.39 is 28.8 Å². The van der Waals surface area contributed by atoms with Crippen LogP contribution < -0.4 is 10.4 Å². The van der Waals surface area contributed by atoms with E-state index in [-0.39, 0.29) is 40.2 Å². The summed E-state index contributed by atoms with van der Waals surface area (Å²) in [6, 6.07) is 3.91. The van der Waals surface area contributed by atoms with E-state index in [0.717, 1.165) is 18.2 Å². The molecule has 1 amide bonds. The van der Waals surface area contributed by atoms with E-state index >= 15 is 0 Å². The lowest BCUT2D eigenvalue weighted by molar-refractivity contribution is -0.126. The second kappa shape index (κ2) is 8.20. The van der Waals surface area contributed by atoms with Gasteiger partial charge < -0.3 is 15.2 Å². The zero-order chi connectivity index (χ0) is 22.2. The summed E-state index contributed by atoms with van der Waals surface area (Å²) in [4.78, 5) is 19.6. The molecular formula is C18H16ClF3N6O2. The number of anilines is 2. The third kappa shape index (κ3) is 4.02. The fourth-order valence-electron chi connectivity index (χ4n) is 2.55. The van der Waals surface area contributed by atoms with Crippen LogP contribution in [-0.4, -0.2) is 52.5 Å². The summed E-state index contributed by atoms with van der Waals surface area (Å²) in [5, 5.41) is 21.2. The van der Waals surface area contributed by atoms with Gasteiger partial charge in [-0.05, 0) is 24.3 Å². The number of hydrogen-bond acceptors (Lipinski definition) is 5. The molecule has 0 bridgehead atoms. The number of hydroxylamine groups is 1. The second-order valence-electron chi connectivity index (χ2n) is 6.43. The molecule has 12 heteroatoms. The molecule has 0 aliphatic rings. The van der Waals surface area contributed by atoms with E-state index in [4.69, 9.17) is 17.0 Å². The van der Waals surface area contributed by atoms with Gasteiger partial charge in [-0.25, -0.2) is 23.2 Å². The average Bonchev–Trinajstić information content (AvgIpc) is 3.14. The van der Waals surface area contributed by atoms with Crippen LogP contribution in [0.1, 0.15) is 5.56 Å². The van der Waals surface area contributed by atoms with Crippen LogP contribution in [0.2, 0.25) is 5.02 Å². The number of fused-ring (bicyclic) bond motifs is 1. The number of benzene rings is 2. The number of nitrogens with one attached hydrogen (secondary N) is 3. The molecule has 3 rings (SSSR count). The van der Waals surface area contributed by atoms with Crippen LogP contribution in [0, 0.1) is 22.9 Å². The lowest BCUT2D eigenvalue weighted by Gasteiger charge is -2.18. The first-order chi connectivity index (χ1) is 14.1. The minimum absolute atomic E-state index is 0.0342. The number of imidazole rings is 1. The molecule has 30 heavy (non-hydrogen) atoms. The lowest BCUT2D eigenvalue weighted by atomic mass is 10.1. The molecule has 0 atom stereocenters. The number of rotatable bonds is 5. The van der Waals surface area contributed by atoms with Gasteiger partial charge in [-0.1, -0.05) is 11.6 Å². The zero-order valence-corrected chi connectivity index (χ0v) is 16.5. The van der Waals surface area contributed by atoms with E-state index in [1.54, 1.807) is 14.1 Å². The van der Waals surface area contributed by atoms with Gasteiger partial charge in [0.1, 0.15) is 11.3 Å². The number of hydrogen-bond donors (Lipinski definition) is 4. The van der Waals surface area contributed by atoms with Crippen molar-refractivity contribution in [1.29, 1.82) is 5.41 Å². The van der Waals surface area contributed by atoms with Crippen LogP contribution in [0.3, 0.4) is 0 Å². The molecule has 0 unspecified atom stereocenters. The first-order valence-corrected chi connectivity index (χ1v) is 8.82. The number of aromatic nitrogens is 2. The van der Waals surface area contributed by atoms with Gasteiger partial charge >= 0.3 is 0 Å². The molecule has 0 aliphatic carbocycles. The quantitative estimate of drug-likeness (QED) is 0.276. The predicted molar refractivity (Wildman–Crippen MR) is 106 cm³/mol. The van der Waals surface area contributed by atoms with Gasteiger partial charge in [-0.15, -0.1) is 0 Å². The lowest BCUT2D eigenvalue weighted by Crippen LogP contribution is -2.28. The Bertz CT molecular complexity index is 1150. The molecule has 0 spiro atoms. The van der Waals surface area contributed by atoms with Crippen molar-refractivity contribution < 1.29 is 23.2 Å². The number of carbonyl (C=O) groups excluding carboxylic acids is 1. The summed E-state index contributed by atoms with van der Waals surface area (Å²) in [7, 11) is 3.10. The Balaban J connectivity index is 2.00. The van der Waals surface area contributed by atoms with Crippen molar-refractivity contribution in [3.05, 3.63) is 52.3 Å². The second-order valence-corrected chi connectivity index (χ2v) is 6.84. The maximum Gasteiger partial charge on any atom is 0.241 e. The maximum atomic E-state index is 14.2. The minimum Gasteiger partial charge on any atom is -0.347 e. The van der Waals surface area contributed by atoms with E-state index in [0.29, 0.717) is 11.1 Å². The molecular weight excluding hydrogens is 425 g/mol. The molecule has 1 aromatic heterocycles. The number of H-pyrrole nitrogens is 1. The Morgan fingerprint density at radius 3 is 2.60 bits per heavy atom. The molecule has 4 N–H and O–H groups in total. The summed E-state index contributed by atoms with van der Waals surface area (Å²) in [5.41, 5.74) is -0.823. The van der Waals surface area contributed by atoms with Crippen molar-refractivity contribution in [3.8, 4) is 0 Å². The maximum absolute atomic E-state index is 14.2. The third-order valence-corrected chi connectivity index (χ3v) is 4.47. The Hall–Kier alpha value is -3.31. The predicted octanol–water partition coefficient (Wildman–Crippen LogP) is 3.35. The highest BCUT2D eigenvalue weighted by molar-refractivity contribution is 6.31. The average molecular weight is 441 g/mol. The molecule has 1 heterocycles. The first-order valence-electron chi connectivity index (χ1n) is 8.45. The van der Waals surface area contributed by atoms with Crippen LogP contribution in [-0.2, 0) is 4.79 Å². The Labute approximate surface area is 173 Å². The topological polar surface area (TPSA) is 108 Å². The van der Waals surface area contributed by atoms with Crippen LogP contribution >= 0.6 is 11.6 Å². The summed E-state index contributed by atoms with van der Waals surface area (Å²) in [5.74, 6) is -4.26. The van der Waals surface area contributed by atoms with Crippen LogP contribution in [0.25, 0.3) is 11.0 Å². The van der Waals surface area contributed by atoms with Crippen LogP contribution in [0.15, 0.2) is 24.3 Å². The van der Waals surface area contributed by atoms with Gasteiger partial charge in [-0.2, -0.15) is 0 Å². The fourth-order valence-corrected chi connectivity index (χ4v) is 2.73. The number of halogens is 4. The van der Waals surface area contributed by atoms with Gasteiger partial charge in [0.15, 0.2) is 17.5 Å². The third-order valence-electron chi connectivity index (χ3n) is 4.18. The first kappa shape index (κ1) is 21.4. The smallest absolute Gasteiger partial charge is 0.241 e. The molecule has 158 valence electrons. The zero-order valence-electron chi connectivity index (χ0n) is 15.7. The summed E-state index contributed by atoms with van der Waals surface area (Å²) in [6.45, 7) is -0.163. The number of amides is 1. The highest BCUT2D eigenvalue weighted by atomic mass is 35.5. The van der Waals surface area contributed by atoms with Gasteiger partial charge in [-0.3, -0.25) is 15.4 Å². The fraction of sp³-hybridized carbons (Fsp3) is 0.167. The Morgan fingerprint density at radius 2 is 1.97 bits per heavy atom. The summed E-state index contributed by atoms with van der Waals surface area (Å²) >= 11 is 5.69. The number of carbonyl (C=O) groups is 1. The van der Waals surface area contributed by atoms with E-state index in [2.05, 4.69) is 15.3 Å². The van der Waals surface area contributed by atoms with E-state index in [9.17, 15) is 23.2 Å². The number of aromatic amines is 1. The van der Waals surface area contributed by atoms with Gasteiger partial charge in [0.25, 0.3) is 0 Å². The minimum atomic E-state index is -1.30. The summed E-state index contributed by atoms with van der Waals surface area (Å²) < 4.78 is 41.7. The van der Waals surface area contributed by atoms with Gasteiger partial charge in [0.05, 0.1) is 22.8 Å². The SMILES string of the molecule is CN(C)C(=O)CNc1nc2c(F)c(F)cc(C(=N)N(O)c3ccc(F)c(Cl)c3)c2[nH]1. The standard InChI is InChI=1S/C18H16ClF3N6O2/c1-27(2)13(29)7-24-18-25-15-9(6-12(21)14(22)16(15)26-18)17(23)28(30)8-3-4-11(20)10(19)5-8/h3-6,23,30H,7H2,1-2H3,(H2,24,25,26). The van der Waals surface area contributed by atoms with Crippen molar-refractivity contribution in [1.82, 2.24) is 14.9 Å². The van der Waals surface area contributed by atoms with E-state index in [1.807, 2.05) is 0 Å². The van der Waals surface area contributed by atoms with Crippen molar-refractivity contribution >= 4 is 46.0 Å². The van der Waals surface area contributed by atoms with Crippen molar-refractivity contribution in [2.24, 2.45) is 0 Å². The number of nitrogens with zero attached hydrogens (tertiary/aromatic N) is 3. The molecule has 8 nitrogen and oxygen atoms in total. The van der Waals surface area contributed by atoms with Crippen molar-refractivity contribution in [3.63, 3.8) is 0 Å². The molecule has 3 aromatic rings. The normalized spacial score (nSPS) is 10.9. The van der Waals surface area contributed by atoms with E-state index in [1.165, 1.54) is 4.90 Å². The van der Waals surface area contributed by atoms with Crippen molar-refractivity contribution in [2.45, 2.75) is 0 Å². The van der Waals surface area contributed by atoms with Gasteiger partial charge in [0.2, 0.25) is 11.9 Å². The Morgan fingerprint density at radius 1 is 1.27 bits per heavy atom. The van der Waals surface area contributed by atoms with Crippen LogP contribution in [0.5, 0.6) is 0 Å². The summed E-state index contributed by atoms with van der Waals surface area (Å²) in [6.07, 6.45) is 0. The molecule has 0 aliphatic heterocycles. The molecule has 0 fully saturated rings. The number of likely N-dealkylation sites (N-methyl/N-ethyl adjacent to an activating group) is 1. The van der Waals surface area contributed by atoms with Gasteiger partial charge in [0, 0.05) is 19.7 Å². The van der Waals surface area contributed by atoms with Crippen molar-refractivity contribution in [2.75, 3.05) is 31.0 Å². The van der Waals surface area contributed by atoms with Crippen LogP contribution in [0.4, 0.5) is 24.8 Å². The highest BCUT2D eigenvalue weighted by Gasteiger charge is 2.23. The monoisotopic (exact) mass is 440 g/mol. The molecule has 0 saturated heterocycles. The number of amidine groups is 1. The molecule has 0 saturated carbocycles. The molecule has 2 aromatic carbocycles. The molecule has 0 radical (unpaired) electrons. The highest BCUT2D eigenvalue weighted by Crippen LogP contribution is 2.28. The largest absolute Gasteiger partial charge is 0.347 e. The Kier molecular flexibility index (Phi) is 5.85.